The first kappa shape index (κ1) is 28.1. The molecular formula is C39H29N3O2. The zero-order valence-corrected chi connectivity index (χ0v) is 23.8. The Kier molecular flexibility index (Phi) is 8.47. The molecule has 0 aromatic heterocycles. The molecule has 5 heteroatoms. The second kappa shape index (κ2) is 13.3. The van der Waals surface area contributed by atoms with Gasteiger partial charge in [0.15, 0.2) is 5.75 Å². The average molecular weight is 572 g/mol. The van der Waals surface area contributed by atoms with Crippen LogP contribution >= 0.6 is 0 Å². The molecule has 5 nitrogen and oxygen atoms in total. The minimum Gasteiger partial charge on any atom is -0.505 e. The van der Waals surface area contributed by atoms with E-state index in [2.05, 4.69) is 15.5 Å². The van der Waals surface area contributed by atoms with E-state index in [-0.39, 0.29) is 17.0 Å². The second-order valence-electron chi connectivity index (χ2n) is 10.2. The summed E-state index contributed by atoms with van der Waals surface area (Å²) in [5.41, 5.74) is 5.55. The van der Waals surface area contributed by atoms with Gasteiger partial charge in [0.2, 0.25) is 0 Å². The van der Waals surface area contributed by atoms with E-state index in [9.17, 15) is 9.90 Å². The molecule has 44 heavy (non-hydrogen) atoms. The number of hydrogen-bond acceptors (Lipinski definition) is 4. The summed E-state index contributed by atoms with van der Waals surface area (Å²) in [4.78, 5) is 13.3. The standard InChI is InChI=1S/C39H29N3O2/c43-38-35(39(44)40-33-17-8-3-9-18-33)27-32-16-10-11-19-34(32)37(38)42-41-36-26-30(21-20-28-12-4-1-5-13-28)23-25-31(36)24-22-29-14-6-2-7-15-29/h1-27,43H,(H,40,44). The lowest BCUT2D eigenvalue weighted by molar-refractivity contribution is 0.102. The minimum atomic E-state index is -0.435. The number of aromatic hydroxyl groups is 1. The molecule has 0 aliphatic rings. The number of phenolic OH excluding ortho intramolecular Hbond substituents is 1. The van der Waals surface area contributed by atoms with Gasteiger partial charge in [0.05, 0.1) is 11.3 Å². The number of anilines is 1. The van der Waals surface area contributed by atoms with E-state index in [0.29, 0.717) is 16.8 Å². The summed E-state index contributed by atoms with van der Waals surface area (Å²) in [5, 5.41) is 24.9. The van der Waals surface area contributed by atoms with E-state index in [1.807, 2.05) is 146 Å². The number of nitrogens with one attached hydrogen (secondary N) is 1. The van der Waals surface area contributed by atoms with Crippen LogP contribution in [0.15, 0.2) is 150 Å². The summed E-state index contributed by atoms with van der Waals surface area (Å²) in [5.74, 6) is -0.669. The minimum absolute atomic E-state index is 0.116. The van der Waals surface area contributed by atoms with Crippen molar-refractivity contribution in [3.05, 3.63) is 167 Å². The Hall–Kier alpha value is -6.07. The Balaban J connectivity index is 1.41. The summed E-state index contributed by atoms with van der Waals surface area (Å²) in [6, 6.07) is 44.4. The van der Waals surface area contributed by atoms with E-state index in [1.165, 1.54) is 0 Å². The molecule has 0 spiro atoms. The maximum atomic E-state index is 13.3. The summed E-state index contributed by atoms with van der Waals surface area (Å²) in [7, 11) is 0. The first-order valence-corrected chi connectivity index (χ1v) is 14.3. The van der Waals surface area contributed by atoms with Crippen LogP contribution in [-0.4, -0.2) is 11.0 Å². The van der Waals surface area contributed by atoms with Gasteiger partial charge in [-0.15, -0.1) is 10.2 Å². The molecule has 0 aliphatic carbocycles. The summed E-state index contributed by atoms with van der Waals surface area (Å²) in [6.07, 6.45) is 8.09. The number of benzene rings is 6. The molecule has 0 saturated heterocycles. The van der Waals surface area contributed by atoms with Gasteiger partial charge in [0.1, 0.15) is 5.69 Å². The van der Waals surface area contributed by atoms with Crippen molar-refractivity contribution in [1.29, 1.82) is 0 Å². The van der Waals surface area contributed by atoms with Crippen molar-refractivity contribution < 1.29 is 9.90 Å². The lowest BCUT2D eigenvalue weighted by Gasteiger charge is -2.11. The van der Waals surface area contributed by atoms with Crippen LogP contribution in [0.25, 0.3) is 35.1 Å². The van der Waals surface area contributed by atoms with Gasteiger partial charge in [-0.1, -0.05) is 140 Å². The number of phenols is 1. The van der Waals surface area contributed by atoms with E-state index in [1.54, 1.807) is 18.2 Å². The molecule has 0 aliphatic heterocycles. The highest BCUT2D eigenvalue weighted by molar-refractivity contribution is 6.11. The first-order valence-electron chi connectivity index (χ1n) is 14.3. The number of carbonyl (C=O) groups excluding carboxylic acids is 1. The smallest absolute Gasteiger partial charge is 0.259 e. The van der Waals surface area contributed by atoms with Gasteiger partial charge in [-0.2, -0.15) is 0 Å². The number of rotatable bonds is 8. The van der Waals surface area contributed by atoms with Crippen LogP contribution in [0.5, 0.6) is 5.75 Å². The fourth-order valence-corrected chi connectivity index (χ4v) is 4.81. The molecule has 0 saturated carbocycles. The number of nitrogens with zero attached hydrogens (tertiary/aromatic N) is 2. The predicted molar refractivity (Wildman–Crippen MR) is 181 cm³/mol. The summed E-state index contributed by atoms with van der Waals surface area (Å²) >= 11 is 0. The Labute approximate surface area is 256 Å². The highest BCUT2D eigenvalue weighted by Gasteiger charge is 2.18. The van der Waals surface area contributed by atoms with Crippen LogP contribution in [0.3, 0.4) is 0 Å². The zero-order valence-electron chi connectivity index (χ0n) is 23.8. The lowest BCUT2D eigenvalue weighted by atomic mass is 10.0. The number of carbonyl (C=O) groups is 1. The van der Waals surface area contributed by atoms with Crippen LogP contribution in [0.2, 0.25) is 0 Å². The molecular weight excluding hydrogens is 542 g/mol. The zero-order chi connectivity index (χ0) is 30.1. The highest BCUT2D eigenvalue weighted by atomic mass is 16.3. The van der Waals surface area contributed by atoms with Gasteiger partial charge in [-0.3, -0.25) is 4.79 Å². The third-order valence-corrected chi connectivity index (χ3v) is 7.11. The number of para-hydroxylation sites is 1. The number of hydrogen-bond donors (Lipinski definition) is 2. The van der Waals surface area contributed by atoms with Gasteiger partial charge >= 0.3 is 0 Å². The van der Waals surface area contributed by atoms with Crippen LogP contribution in [-0.2, 0) is 0 Å². The molecule has 0 unspecified atom stereocenters. The molecule has 2 N–H and O–H groups in total. The third kappa shape index (κ3) is 6.69. The number of amides is 1. The van der Waals surface area contributed by atoms with Crippen molar-refractivity contribution in [3.8, 4) is 5.75 Å². The van der Waals surface area contributed by atoms with E-state index in [4.69, 9.17) is 0 Å². The Morgan fingerprint density at radius 1 is 0.591 bits per heavy atom. The normalized spacial score (nSPS) is 11.5. The maximum Gasteiger partial charge on any atom is 0.259 e. The largest absolute Gasteiger partial charge is 0.505 e. The quantitative estimate of drug-likeness (QED) is 0.141. The summed E-state index contributed by atoms with van der Waals surface area (Å²) in [6.45, 7) is 0. The molecule has 0 radical (unpaired) electrons. The van der Waals surface area contributed by atoms with Crippen molar-refractivity contribution in [2.24, 2.45) is 10.2 Å². The Morgan fingerprint density at radius 3 is 1.89 bits per heavy atom. The monoisotopic (exact) mass is 571 g/mol. The first-order chi connectivity index (χ1) is 21.6. The fraction of sp³-hybridized carbons (Fsp3) is 0. The highest BCUT2D eigenvalue weighted by Crippen LogP contribution is 2.40. The van der Waals surface area contributed by atoms with E-state index in [0.717, 1.165) is 27.6 Å². The molecule has 0 heterocycles. The number of fused-ring (bicyclic) bond motifs is 1. The van der Waals surface area contributed by atoms with Crippen molar-refractivity contribution >= 4 is 58.0 Å². The van der Waals surface area contributed by atoms with Crippen LogP contribution in [0.1, 0.15) is 32.6 Å². The van der Waals surface area contributed by atoms with Crippen molar-refractivity contribution in [1.82, 2.24) is 0 Å². The van der Waals surface area contributed by atoms with Gasteiger partial charge in [-0.05, 0) is 46.3 Å². The fourth-order valence-electron chi connectivity index (χ4n) is 4.81. The topological polar surface area (TPSA) is 74.0 Å². The van der Waals surface area contributed by atoms with Gasteiger partial charge in [-0.25, -0.2) is 0 Å². The maximum absolute atomic E-state index is 13.3. The molecule has 212 valence electrons. The average Bonchev–Trinajstić information content (AvgIpc) is 3.07. The van der Waals surface area contributed by atoms with Crippen LogP contribution < -0.4 is 5.32 Å². The van der Waals surface area contributed by atoms with Crippen molar-refractivity contribution in [3.63, 3.8) is 0 Å². The predicted octanol–water partition coefficient (Wildman–Crippen LogP) is 10.6. The molecule has 6 aromatic rings. The van der Waals surface area contributed by atoms with Crippen molar-refractivity contribution in [2.45, 2.75) is 0 Å². The van der Waals surface area contributed by atoms with Crippen molar-refractivity contribution in [2.75, 3.05) is 5.32 Å². The lowest BCUT2D eigenvalue weighted by Crippen LogP contribution is -2.12. The molecule has 0 fully saturated rings. The molecule has 0 atom stereocenters. The molecule has 6 rings (SSSR count). The van der Waals surface area contributed by atoms with E-state index < -0.39 is 5.91 Å². The second-order valence-corrected chi connectivity index (χ2v) is 10.2. The Bertz CT molecular complexity index is 2000. The molecule has 1 amide bonds. The van der Waals surface area contributed by atoms with Crippen LogP contribution in [0.4, 0.5) is 17.1 Å². The Morgan fingerprint density at radius 2 is 1.18 bits per heavy atom. The van der Waals surface area contributed by atoms with Crippen LogP contribution in [0, 0.1) is 0 Å². The molecule has 6 aromatic carbocycles. The van der Waals surface area contributed by atoms with E-state index >= 15 is 0 Å². The number of azo groups is 1. The molecule has 0 bridgehead atoms. The van der Waals surface area contributed by atoms with Gasteiger partial charge in [0, 0.05) is 16.6 Å². The third-order valence-electron chi connectivity index (χ3n) is 7.11. The summed E-state index contributed by atoms with van der Waals surface area (Å²) < 4.78 is 0. The van der Waals surface area contributed by atoms with Gasteiger partial charge < -0.3 is 10.4 Å². The SMILES string of the molecule is O=C(Nc1ccccc1)c1cc2ccccc2c(N=Nc2cc(C=Cc3ccccc3)ccc2C=Cc2ccccc2)c1O. The van der Waals surface area contributed by atoms with Gasteiger partial charge in [0.25, 0.3) is 5.91 Å².